The molecule has 106 valence electrons. The molecular formula is C15H23NO3. The first-order chi connectivity index (χ1) is 8.77. The van der Waals surface area contributed by atoms with E-state index in [0.29, 0.717) is 13.1 Å². The Morgan fingerprint density at radius 2 is 2.00 bits per heavy atom. The van der Waals surface area contributed by atoms with E-state index in [0.717, 1.165) is 16.9 Å². The molecular weight excluding hydrogens is 242 g/mol. The minimum atomic E-state index is -0.799. The average molecular weight is 265 g/mol. The maximum atomic E-state index is 11.0. The van der Waals surface area contributed by atoms with Gasteiger partial charge in [0.05, 0.1) is 12.5 Å². The highest BCUT2D eigenvalue weighted by Crippen LogP contribution is 2.25. The normalized spacial score (nSPS) is 11.4. The highest BCUT2D eigenvalue weighted by atomic mass is 16.5. The predicted molar refractivity (Wildman–Crippen MR) is 75.6 cm³/mol. The topological polar surface area (TPSA) is 58.6 Å². The first kappa shape index (κ1) is 15.5. The molecule has 0 saturated heterocycles. The zero-order valence-corrected chi connectivity index (χ0v) is 12.3. The average Bonchev–Trinajstić information content (AvgIpc) is 2.27. The van der Waals surface area contributed by atoms with Gasteiger partial charge < -0.3 is 15.2 Å². The molecule has 0 saturated carbocycles. The molecule has 1 rings (SSSR count). The molecule has 0 bridgehead atoms. The zero-order chi connectivity index (χ0) is 14.6. The minimum Gasteiger partial charge on any atom is -0.496 e. The molecule has 2 N–H and O–H groups in total. The Bertz CT molecular complexity index is 467. The smallest absolute Gasteiger partial charge is 0.310 e. The molecule has 0 atom stereocenters. The van der Waals surface area contributed by atoms with Gasteiger partial charge in [0.1, 0.15) is 5.75 Å². The molecule has 0 aliphatic rings. The van der Waals surface area contributed by atoms with Crippen LogP contribution in [0.2, 0.25) is 0 Å². The van der Waals surface area contributed by atoms with E-state index >= 15 is 0 Å². The van der Waals surface area contributed by atoms with E-state index < -0.39 is 11.4 Å². The second-order valence-corrected chi connectivity index (χ2v) is 5.57. The lowest BCUT2D eigenvalue weighted by atomic mass is 9.94. The molecule has 0 fully saturated rings. The van der Waals surface area contributed by atoms with Crippen molar-refractivity contribution < 1.29 is 14.6 Å². The number of nitrogens with one attached hydrogen (secondary N) is 1. The molecule has 0 heterocycles. The van der Waals surface area contributed by atoms with Gasteiger partial charge in [0.15, 0.2) is 0 Å². The van der Waals surface area contributed by atoms with Crippen molar-refractivity contribution in [3.8, 4) is 5.75 Å². The van der Waals surface area contributed by atoms with Crippen molar-refractivity contribution >= 4 is 5.97 Å². The molecule has 0 radical (unpaired) electrons. The number of carboxylic acid groups (broad SMARTS) is 1. The lowest BCUT2D eigenvalue weighted by molar-refractivity contribution is -0.146. The van der Waals surface area contributed by atoms with E-state index in [1.165, 1.54) is 5.56 Å². The van der Waals surface area contributed by atoms with Crippen LogP contribution in [0, 0.1) is 19.3 Å². The van der Waals surface area contributed by atoms with Gasteiger partial charge in [-0.25, -0.2) is 0 Å². The van der Waals surface area contributed by atoms with E-state index in [9.17, 15) is 4.79 Å². The fourth-order valence-electron chi connectivity index (χ4n) is 2.05. The number of aliphatic carboxylic acids is 1. The molecule has 0 spiro atoms. The van der Waals surface area contributed by atoms with E-state index in [-0.39, 0.29) is 0 Å². The Balaban J connectivity index is 2.76. The van der Waals surface area contributed by atoms with Crippen molar-refractivity contribution in [3.05, 3.63) is 28.8 Å². The van der Waals surface area contributed by atoms with Crippen molar-refractivity contribution in [1.82, 2.24) is 5.32 Å². The van der Waals surface area contributed by atoms with E-state index in [2.05, 4.69) is 17.4 Å². The maximum Gasteiger partial charge on any atom is 0.310 e. The summed E-state index contributed by atoms with van der Waals surface area (Å²) in [4.78, 5) is 11.0. The second-order valence-electron chi connectivity index (χ2n) is 5.57. The molecule has 19 heavy (non-hydrogen) atoms. The number of rotatable bonds is 6. The van der Waals surface area contributed by atoms with E-state index in [1.807, 2.05) is 13.8 Å². The van der Waals surface area contributed by atoms with Gasteiger partial charge in [0.2, 0.25) is 0 Å². The van der Waals surface area contributed by atoms with Gasteiger partial charge >= 0.3 is 5.97 Å². The summed E-state index contributed by atoms with van der Waals surface area (Å²) in [7, 11) is 1.66. The Kier molecular flexibility index (Phi) is 4.95. The minimum absolute atomic E-state index is 0.415. The number of ether oxygens (including phenoxy) is 1. The summed E-state index contributed by atoms with van der Waals surface area (Å²) < 4.78 is 5.40. The van der Waals surface area contributed by atoms with Crippen molar-refractivity contribution in [2.24, 2.45) is 5.41 Å². The Labute approximate surface area is 114 Å². The van der Waals surface area contributed by atoms with Crippen LogP contribution < -0.4 is 10.1 Å². The predicted octanol–water partition coefficient (Wildman–Crippen LogP) is 2.51. The third-order valence-electron chi connectivity index (χ3n) is 3.16. The van der Waals surface area contributed by atoms with Crippen LogP contribution in [0.1, 0.15) is 30.5 Å². The summed E-state index contributed by atoms with van der Waals surface area (Å²) in [6.45, 7) is 8.48. The first-order valence-electron chi connectivity index (χ1n) is 6.36. The monoisotopic (exact) mass is 265 g/mol. The Morgan fingerprint density at radius 1 is 1.37 bits per heavy atom. The number of methoxy groups -OCH3 is 1. The van der Waals surface area contributed by atoms with Crippen LogP contribution in [0.4, 0.5) is 0 Å². The molecule has 0 amide bonds. The van der Waals surface area contributed by atoms with Gasteiger partial charge in [-0.05, 0) is 33.3 Å². The van der Waals surface area contributed by atoms with Crippen molar-refractivity contribution in [3.63, 3.8) is 0 Å². The van der Waals surface area contributed by atoms with Crippen LogP contribution in [-0.4, -0.2) is 24.7 Å². The summed E-state index contributed by atoms with van der Waals surface area (Å²) in [6, 6.07) is 4.14. The molecule has 1 aromatic carbocycles. The maximum absolute atomic E-state index is 11.0. The number of carboxylic acids is 1. The molecule has 0 aliphatic heterocycles. The van der Waals surface area contributed by atoms with Crippen LogP contribution in [-0.2, 0) is 11.3 Å². The number of benzene rings is 1. The molecule has 1 aromatic rings. The third kappa shape index (κ3) is 3.96. The van der Waals surface area contributed by atoms with Gasteiger partial charge in [0, 0.05) is 18.7 Å². The van der Waals surface area contributed by atoms with Crippen molar-refractivity contribution in [2.75, 3.05) is 13.7 Å². The van der Waals surface area contributed by atoms with Gasteiger partial charge in [-0.2, -0.15) is 0 Å². The summed E-state index contributed by atoms with van der Waals surface area (Å²) in [5.41, 5.74) is 2.55. The quantitative estimate of drug-likeness (QED) is 0.829. The third-order valence-corrected chi connectivity index (χ3v) is 3.16. The number of hydrogen-bond donors (Lipinski definition) is 2. The Morgan fingerprint density at radius 3 is 2.53 bits per heavy atom. The number of aryl methyl sites for hydroxylation is 2. The summed E-state index contributed by atoms with van der Waals surface area (Å²) in [5, 5.41) is 12.3. The number of hydrogen-bond acceptors (Lipinski definition) is 3. The summed E-state index contributed by atoms with van der Waals surface area (Å²) >= 11 is 0. The lowest BCUT2D eigenvalue weighted by Gasteiger charge is -2.20. The lowest BCUT2D eigenvalue weighted by Crippen LogP contribution is -2.35. The Hall–Kier alpha value is -1.55. The van der Waals surface area contributed by atoms with Crippen molar-refractivity contribution in [1.29, 1.82) is 0 Å². The molecule has 4 nitrogen and oxygen atoms in total. The van der Waals surface area contributed by atoms with Crippen LogP contribution in [0.15, 0.2) is 12.1 Å². The molecule has 0 unspecified atom stereocenters. The van der Waals surface area contributed by atoms with Gasteiger partial charge in [-0.3, -0.25) is 4.79 Å². The van der Waals surface area contributed by atoms with Gasteiger partial charge in [-0.15, -0.1) is 0 Å². The summed E-state index contributed by atoms with van der Waals surface area (Å²) in [6.07, 6.45) is 0. The number of carbonyl (C=O) groups is 1. The highest BCUT2D eigenvalue weighted by Gasteiger charge is 2.26. The van der Waals surface area contributed by atoms with E-state index in [1.54, 1.807) is 21.0 Å². The second kappa shape index (κ2) is 6.06. The van der Waals surface area contributed by atoms with Gasteiger partial charge in [0.25, 0.3) is 0 Å². The van der Waals surface area contributed by atoms with Crippen LogP contribution in [0.25, 0.3) is 0 Å². The summed E-state index contributed by atoms with van der Waals surface area (Å²) in [5.74, 6) is 0.0682. The van der Waals surface area contributed by atoms with E-state index in [4.69, 9.17) is 9.84 Å². The fourth-order valence-corrected chi connectivity index (χ4v) is 2.05. The highest BCUT2D eigenvalue weighted by molar-refractivity contribution is 5.73. The van der Waals surface area contributed by atoms with Crippen molar-refractivity contribution in [2.45, 2.75) is 34.2 Å². The molecule has 0 aliphatic carbocycles. The zero-order valence-electron chi connectivity index (χ0n) is 12.3. The largest absolute Gasteiger partial charge is 0.496 e. The van der Waals surface area contributed by atoms with Crippen LogP contribution in [0.3, 0.4) is 0 Å². The molecule has 4 heteroatoms. The molecule has 0 aromatic heterocycles. The van der Waals surface area contributed by atoms with Crippen LogP contribution in [0.5, 0.6) is 5.75 Å². The standard InChI is InChI=1S/C15H23NO3/c1-10-6-11(2)13(19-5)12(7-10)8-16-9-15(3,4)14(17)18/h6-7,16H,8-9H2,1-5H3,(H,17,18). The SMILES string of the molecule is COc1c(C)cc(C)cc1CNCC(C)(C)C(=O)O. The first-order valence-corrected chi connectivity index (χ1v) is 6.36. The van der Waals surface area contributed by atoms with Crippen LogP contribution >= 0.6 is 0 Å². The van der Waals surface area contributed by atoms with Gasteiger partial charge in [-0.1, -0.05) is 17.7 Å². The fraction of sp³-hybridized carbons (Fsp3) is 0.533.